The van der Waals surface area contributed by atoms with Crippen molar-refractivity contribution in [3.8, 4) is 61.8 Å². The van der Waals surface area contributed by atoms with Gasteiger partial charge in [-0.15, -0.1) is 0 Å². The predicted molar refractivity (Wildman–Crippen MR) is 248 cm³/mol. The second-order valence-corrected chi connectivity index (χ2v) is 17.2. The van der Waals surface area contributed by atoms with E-state index in [4.69, 9.17) is 15.7 Å². The summed E-state index contributed by atoms with van der Waals surface area (Å²) < 4.78 is 65.5. The van der Waals surface area contributed by atoms with Crippen LogP contribution in [0.15, 0.2) is 97.1 Å². The Kier molecular flexibility index (Phi) is 11.5. The third-order valence-corrected chi connectivity index (χ3v) is 12.9. The smallest absolute Gasteiger partial charge is 0.185 e. The van der Waals surface area contributed by atoms with Crippen LogP contribution in [0.3, 0.4) is 0 Å². The Morgan fingerprint density at radius 3 is 1.27 bits per heavy atom. The molecular weight excluding hydrogens is 849 g/mol. The monoisotopic (exact) mass is 884 g/mol. The number of rotatable bonds is 11. The van der Waals surface area contributed by atoms with Crippen molar-refractivity contribution < 1.29 is 32.9 Å². The molecule has 7 aromatic rings. The van der Waals surface area contributed by atoms with Crippen molar-refractivity contribution >= 4 is 73.6 Å². The highest BCUT2D eigenvalue weighted by Crippen LogP contribution is 2.42. The molecule has 2 aliphatic rings. The van der Waals surface area contributed by atoms with Gasteiger partial charge in [-0.1, -0.05) is 58.0 Å². The molecule has 0 saturated heterocycles. The molecule has 0 spiro atoms. The molecule has 2 aliphatic heterocycles. The lowest BCUT2D eigenvalue weighted by Gasteiger charge is -2.14. The van der Waals surface area contributed by atoms with Gasteiger partial charge in [0, 0.05) is 68.9 Å². The van der Waals surface area contributed by atoms with Gasteiger partial charge in [-0.3, -0.25) is 0 Å². The van der Waals surface area contributed by atoms with Crippen molar-refractivity contribution in [2.45, 2.75) is 0 Å². The minimum atomic E-state index is -1.63. The topological polar surface area (TPSA) is 156 Å². The van der Waals surface area contributed by atoms with Crippen molar-refractivity contribution in [2.24, 2.45) is 5.73 Å². The standard InChI is InChI=1S/C48H36F4N6O3S2/c49-44-43(45(50)47(52)48(46(44)51)54-19-21-63-62-20-18-53)42-37-16-14-35(57-37)40(26-5-2-8-29(60)23-26)33-12-10-31(55-33)39(25-4-1-7-28(59)22-25)32-11-13-34(56-32)41(36-15-17-38(42)58-36)27-6-3-9-30(61)24-27/h1-17,22-24,54-55,58-61H,18-21,53H2. The maximum Gasteiger partial charge on any atom is 0.185 e. The third kappa shape index (κ3) is 8.02. The van der Waals surface area contributed by atoms with Crippen LogP contribution in [-0.4, -0.2) is 59.9 Å². The van der Waals surface area contributed by atoms with Crippen LogP contribution < -0.4 is 11.1 Å². The first-order chi connectivity index (χ1) is 30.6. The Bertz CT molecular complexity index is 3110. The molecule has 15 heteroatoms. The lowest BCUT2D eigenvalue weighted by atomic mass is 10.0. The number of nitrogens with two attached hydrogens (primary N) is 1. The fourth-order valence-electron chi connectivity index (χ4n) is 7.75. The number of hydrogen-bond acceptors (Lipinski definition) is 9. The summed E-state index contributed by atoms with van der Waals surface area (Å²) in [5, 5.41) is 34.4. The number of anilines is 1. The Labute approximate surface area is 365 Å². The van der Waals surface area contributed by atoms with E-state index in [2.05, 4.69) is 15.3 Å². The Balaban J connectivity index is 1.40. The van der Waals surface area contributed by atoms with Crippen LogP contribution >= 0.6 is 21.6 Å². The van der Waals surface area contributed by atoms with E-state index in [-0.39, 0.29) is 40.6 Å². The summed E-state index contributed by atoms with van der Waals surface area (Å²) >= 11 is 0. The summed E-state index contributed by atoms with van der Waals surface area (Å²) in [5.41, 5.74) is 9.42. The van der Waals surface area contributed by atoms with E-state index in [9.17, 15) is 15.3 Å². The molecule has 0 unspecified atom stereocenters. The molecule has 8 N–H and O–H groups in total. The molecule has 316 valence electrons. The fourth-order valence-corrected chi connectivity index (χ4v) is 9.52. The zero-order valence-electron chi connectivity index (χ0n) is 33.0. The van der Waals surface area contributed by atoms with Crippen LogP contribution in [0.25, 0.3) is 90.9 Å². The van der Waals surface area contributed by atoms with Gasteiger partial charge in [-0.2, -0.15) is 0 Å². The van der Waals surface area contributed by atoms with E-state index in [1.807, 2.05) is 24.3 Å². The van der Waals surface area contributed by atoms with Gasteiger partial charge in [-0.05, 0) is 102 Å². The van der Waals surface area contributed by atoms with Crippen molar-refractivity contribution in [3.63, 3.8) is 0 Å². The summed E-state index contributed by atoms with van der Waals surface area (Å²) in [6, 6.07) is 26.5. The minimum Gasteiger partial charge on any atom is -0.508 e. The minimum absolute atomic E-state index is 0.0188. The maximum absolute atomic E-state index is 16.6. The average molecular weight is 885 g/mol. The van der Waals surface area contributed by atoms with Gasteiger partial charge in [0.15, 0.2) is 23.3 Å². The van der Waals surface area contributed by atoms with E-state index in [1.54, 1.807) is 72.8 Å². The molecule has 0 saturated carbocycles. The second-order valence-electron chi connectivity index (χ2n) is 14.5. The normalized spacial score (nSPS) is 12.0. The number of phenolic OH excluding ortho intramolecular Hbond substituents is 3. The number of H-pyrrole nitrogens is 2. The average Bonchev–Trinajstić information content (AvgIpc) is 4.12. The van der Waals surface area contributed by atoms with Gasteiger partial charge < -0.3 is 36.3 Å². The molecule has 0 amide bonds. The van der Waals surface area contributed by atoms with Crippen molar-refractivity contribution in [1.29, 1.82) is 0 Å². The van der Waals surface area contributed by atoms with Gasteiger partial charge in [0.05, 0.1) is 28.3 Å². The molecule has 0 atom stereocenters. The number of aromatic hydroxyl groups is 3. The Morgan fingerprint density at radius 1 is 0.492 bits per heavy atom. The number of benzene rings is 4. The predicted octanol–water partition coefficient (Wildman–Crippen LogP) is 11.7. The zero-order chi connectivity index (χ0) is 43.8. The van der Waals surface area contributed by atoms with Crippen molar-refractivity contribution in [1.82, 2.24) is 19.9 Å². The summed E-state index contributed by atoms with van der Waals surface area (Å²) in [5.74, 6) is -5.46. The molecule has 8 bridgehead atoms. The number of hydrogen-bond donors (Lipinski definition) is 7. The van der Waals surface area contributed by atoms with Gasteiger partial charge in [0.1, 0.15) is 22.9 Å². The number of phenols is 3. The highest BCUT2D eigenvalue weighted by Gasteiger charge is 2.30. The summed E-state index contributed by atoms with van der Waals surface area (Å²) in [6.45, 7) is 0.474. The van der Waals surface area contributed by atoms with Crippen LogP contribution in [0.1, 0.15) is 22.8 Å². The van der Waals surface area contributed by atoms with Crippen LogP contribution in [0, 0.1) is 23.3 Å². The van der Waals surface area contributed by atoms with Crippen LogP contribution in [-0.2, 0) is 0 Å². The SMILES string of the molecule is NCCSSCCNc1c(F)c(F)c(-c2c3nc(c(-c4cccc(O)c4)c4ccc([nH]4)c(-c4cccc(O)c4)c4nc(c(-c5cccc(O)c5)c5ccc2[nH]5)C=C4)C=C3)c(F)c1F. The Morgan fingerprint density at radius 2 is 0.873 bits per heavy atom. The van der Waals surface area contributed by atoms with E-state index < -0.39 is 34.5 Å². The number of nitrogens with zero attached hydrogens (tertiary/aromatic N) is 2. The molecule has 0 radical (unpaired) electrons. The van der Waals surface area contributed by atoms with Crippen molar-refractivity contribution in [2.75, 3.05) is 29.9 Å². The quantitative estimate of drug-likeness (QED) is 0.0291. The summed E-state index contributed by atoms with van der Waals surface area (Å²) in [6.07, 6.45) is 6.71. The lowest BCUT2D eigenvalue weighted by Crippen LogP contribution is -2.12. The molecule has 5 heterocycles. The molecule has 9 nitrogen and oxygen atoms in total. The molecular formula is C48H36F4N6O3S2. The van der Waals surface area contributed by atoms with E-state index in [1.165, 1.54) is 45.9 Å². The molecule has 63 heavy (non-hydrogen) atoms. The molecule has 4 aromatic carbocycles. The van der Waals surface area contributed by atoms with Gasteiger partial charge >= 0.3 is 0 Å². The number of aromatic nitrogens is 4. The first-order valence-electron chi connectivity index (χ1n) is 19.7. The lowest BCUT2D eigenvalue weighted by molar-refractivity contribution is 0.463. The summed E-state index contributed by atoms with van der Waals surface area (Å²) in [7, 11) is 2.88. The number of fused-ring (bicyclic) bond motifs is 8. The zero-order valence-corrected chi connectivity index (χ0v) is 34.7. The molecule has 9 rings (SSSR count). The van der Waals surface area contributed by atoms with E-state index in [0.29, 0.717) is 85.1 Å². The number of aromatic amines is 2. The van der Waals surface area contributed by atoms with Gasteiger partial charge in [0.25, 0.3) is 0 Å². The van der Waals surface area contributed by atoms with Crippen LogP contribution in [0.5, 0.6) is 17.2 Å². The van der Waals surface area contributed by atoms with E-state index in [0.717, 1.165) is 0 Å². The number of nitrogens with one attached hydrogen (secondary N) is 3. The second kappa shape index (κ2) is 17.4. The first-order valence-corrected chi connectivity index (χ1v) is 22.2. The third-order valence-electron chi connectivity index (χ3n) is 10.4. The molecule has 0 fully saturated rings. The van der Waals surface area contributed by atoms with E-state index >= 15 is 17.6 Å². The molecule has 3 aromatic heterocycles. The van der Waals surface area contributed by atoms with Crippen LogP contribution in [0.2, 0.25) is 0 Å². The highest BCUT2D eigenvalue weighted by atomic mass is 33.1. The van der Waals surface area contributed by atoms with Gasteiger partial charge in [0.2, 0.25) is 0 Å². The van der Waals surface area contributed by atoms with Crippen molar-refractivity contribution in [3.05, 3.63) is 143 Å². The summed E-state index contributed by atoms with van der Waals surface area (Å²) in [4.78, 5) is 16.7. The highest BCUT2D eigenvalue weighted by molar-refractivity contribution is 8.76. The van der Waals surface area contributed by atoms with Gasteiger partial charge in [-0.25, -0.2) is 27.5 Å². The molecule has 0 aliphatic carbocycles. The first kappa shape index (κ1) is 41.4. The fraction of sp³-hybridized carbons (Fsp3) is 0.0833. The largest absolute Gasteiger partial charge is 0.508 e. The number of halogens is 4. The maximum atomic E-state index is 16.6. The Hall–Kier alpha value is -6.94. The van der Waals surface area contributed by atoms with Crippen LogP contribution in [0.4, 0.5) is 23.2 Å².